The van der Waals surface area contributed by atoms with Crippen molar-refractivity contribution in [3.63, 3.8) is 0 Å². The smallest absolute Gasteiger partial charge is 0.368 e. The Morgan fingerprint density at radius 3 is 2.24 bits per heavy atom. The number of halogens is 4. The summed E-state index contributed by atoms with van der Waals surface area (Å²) in [5.74, 6) is -1.57. The molecule has 1 atom stereocenters. The zero-order valence-electron chi connectivity index (χ0n) is 12.8. The predicted octanol–water partition coefficient (Wildman–Crippen LogP) is 3.19. The molecule has 0 bridgehead atoms. The first-order valence-electron chi connectivity index (χ1n) is 7.19. The molecule has 0 aliphatic heterocycles. The van der Waals surface area contributed by atoms with Crippen molar-refractivity contribution < 1.29 is 22.8 Å². The fraction of sp³-hybridized carbons (Fsp3) is 0.176. The van der Waals surface area contributed by atoms with E-state index >= 15 is 0 Å². The molecule has 0 saturated carbocycles. The molecule has 0 aromatic heterocycles. The molecule has 4 nitrogen and oxygen atoms in total. The summed E-state index contributed by atoms with van der Waals surface area (Å²) in [6.07, 6.45) is -4.94. The van der Waals surface area contributed by atoms with Crippen LogP contribution < -0.4 is 11.1 Å². The van der Waals surface area contributed by atoms with E-state index in [0.29, 0.717) is 5.02 Å². The van der Waals surface area contributed by atoms with Crippen LogP contribution in [0.4, 0.5) is 13.2 Å². The Morgan fingerprint density at radius 2 is 1.68 bits per heavy atom. The van der Waals surface area contributed by atoms with Gasteiger partial charge in [-0.1, -0.05) is 29.8 Å². The van der Waals surface area contributed by atoms with Crippen LogP contribution in [0.25, 0.3) is 0 Å². The van der Waals surface area contributed by atoms with Crippen molar-refractivity contribution in [3.05, 3.63) is 70.2 Å². The molecule has 0 heterocycles. The normalized spacial score (nSPS) is 12.5. The Balaban J connectivity index is 2.21. The first-order valence-corrected chi connectivity index (χ1v) is 7.57. The van der Waals surface area contributed by atoms with Gasteiger partial charge in [0.15, 0.2) is 0 Å². The van der Waals surface area contributed by atoms with Gasteiger partial charge in [0.2, 0.25) is 5.91 Å². The van der Waals surface area contributed by atoms with Gasteiger partial charge in [-0.3, -0.25) is 9.59 Å². The number of amides is 2. The summed E-state index contributed by atoms with van der Waals surface area (Å²) in [5, 5.41) is 2.77. The summed E-state index contributed by atoms with van der Waals surface area (Å²) in [5.41, 5.74) is 4.44. The zero-order chi connectivity index (χ0) is 18.6. The molecule has 0 unspecified atom stereocenters. The molecule has 2 rings (SSSR count). The van der Waals surface area contributed by atoms with E-state index in [2.05, 4.69) is 5.32 Å². The lowest BCUT2D eigenvalue weighted by atomic mass is 9.99. The number of alkyl halides is 3. The van der Waals surface area contributed by atoms with Gasteiger partial charge in [0.1, 0.15) is 6.04 Å². The summed E-state index contributed by atoms with van der Waals surface area (Å²) < 4.78 is 39.1. The van der Waals surface area contributed by atoms with E-state index in [9.17, 15) is 22.8 Å². The standard InChI is InChI=1S/C17H14ClF3N2O2/c18-12-7-5-10(6-8-12)16(25)23-14(15(22)24)9-11-3-1-2-4-13(11)17(19,20)21/h1-8,14H,9H2,(H2,22,24)(H,23,25)/t14-/m0/s1. The first-order chi connectivity index (χ1) is 11.7. The van der Waals surface area contributed by atoms with Crippen molar-refractivity contribution in [2.75, 3.05) is 0 Å². The van der Waals surface area contributed by atoms with E-state index in [1.165, 1.54) is 42.5 Å². The largest absolute Gasteiger partial charge is 0.416 e. The van der Waals surface area contributed by atoms with Gasteiger partial charge in [0, 0.05) is 17.0 Å². The summed E-state index contributed by atoms with van der Waals surface area (Å²) in [4.78, 5) is 23.7. The second-order valence-electron chi connectivity index (χ2n) is 5.29. The lowest BCUT2D eigenvalue weighted by Gasteiger charge is -2.18. The highest BCUT2D eigenvalue weighted by Crippen LogP contribution is 2.32. The Kier molecular flexibility index (Phi) is 5.69. The Hall–Kier alpha value is -2.54. The Bertz CT molecular complexity index is 776. The van der Waals surface area contributed by atoms with E-state index in [-0.39, 0.29) is 17.5 Å². The number of primary amides is 1. The molecular formula is C17H14ClF3N2O2. The molecule has 0 fully saturated rings. The fourth-order valence-corrected chi connectivity index (χ4v) is 2.39. The number of carbonyl (C=O) groups excluding carboxylic acids is 2. The lowest BCUT2D eigenvalue weighted by molar-refractivity contribution is -0.138. The second kappa shape index (κ2) is 7.57. The number of nitrogens with two attached hydrogens (primary N) is 1. The maximum atomic E-state index is 13.0. The van der Waals surface area contributed by atoms with Crippen LogP contribution >= 0.6 is 11.6 Å². The van der Waals surface area contributed by atoms with Gasteiger partial charge in [-0.25, -0.2) is 0 Å². The van der Waals surface area contributed by atoms with E-state index < -0.39 is 29.6 Å². The van der Waals surface area contributed by atoms with Crippen molar-refractivity contribution in [2.24, 2.45) is 5.73 Å². The number of carbonyl (C=O) groups is 2. The Morgan fingerprint density at radius 1 is 1.08 bits per heavy atom. The highest BCUT2D eigenvalue weighted by molar-refractivity contribution is 6.30. The minimum Gasteiger partial charge on any atom is -0.368 e. The van der Waals surface area contributed by atoms with Gasteiger partial charge < -0.3 is 11.1 Å². The average Bonchev–Trinajstić information content (AvgIpc) is 2.54. The molecule has 2 amide bonds. The molecule has 25 heavy (non-hydrogen) atoms. The van der Waals surface area contributed by atoms with Crippen LogP contribution in [-0.4, -0.2) is 17.9 Å². The third-order valence-corrected chi connectivity index (χ3v) is 3.75. The number of rotatable bonds is 5. The highest BCUT2D eigenvalue weighted by atomic mass is 35.5. The van der Waals surface area contributed by atoms with Crippen LogP contribution in [0.15, 0.2) is 48.5 Å². The molecule has 0 radical (unpaired) electrons. The van der Waals surface area contributed by atoms with Crippen LogP contribution in [0.3, 0.4) is 0 Å². The number of hydrogen-bond acceptors (Lipinski definition) is 2. The maximum Gasteiger partial charge on any atom is 0.416 e. The Labute approximate surface area is 146 Å². The van der Waals surface area contributed by atoms with Crippen molar-refractivity contribution >= 4 is 23.4 Å². The fourth-order valence-electron chi connectivity index (χ4n) is 2.26. The average molecular weight is 371 g/mol. The van der Waals surface area contributed by atoms with Crippen LogP contribution in [0.1, 0.15) is 21.5 Å². The topological polar surface area (TPSA) is 72.2 Å². The number of hydrogen-bond donors (Lipinski definition) is 2. The summed E-state index contributed by atoms with van der Waals surface area (Å²) in [6.45, 7) is 0. The van der Waals surface area contributed by atoms with Crippen LogP contribution in [0, 0.1) is 0 Å². The third kappa shape index (κ3) is 4.96. The summed E-state index contributed by atoms with van der Waals surface area (Å²) >= 11 is 5.73. The summed E-state index contributed by atoms with van der Waals surface area (Å²) in [6, 6.07) is 9.36. The highest BCUT2D eigenvalue weighted by Gasteiger charge is 2.34. The van der Waals surface area contributed by atoms with Crippen molar-refractivity contribution in [2.45, 2.75) is 18.6 Å². The SMILES string of the molecule is NC(=O)[C@H](Cc1ccccc1C(F)(F)F)NC(=O)c1ccc(Cl)cc1. The van der Waals surface area contributed by atoms with Gasteiger partial charge in [-0.15, -0.1) is 0 Å². The minimum atomic E-state index is -4.57. The van der Waals surface area contributed by atoms with Crippen molar-refractivity contribution in [3.8, 4) is 0 Å². The zero-order valence-corrected chi connectivity index (χ0v) is 13.6. The maximum absolute atomic E-state index is 13.0. The molecule has 0 saturated heterocycles. The van der Waals surface area contributed by atoms with Gasteiger partial charge >= 0.3 is 6.18 Å². The molecule has 0 aliphatic rings. The minimum absolute atomic E-state index is 0.129. The molecule has 2 aromatic carbocycles. The van der Waals surface area contributed by atoms with Gasteiger partial charge in [0.25, 0.3) is 5.91 Å². The molecule has 3 N–H and O–H groups in total. The second-order valence-corrected chi connectivity index (χ2v) is 5.73. The quantitative estimate of drug-likeness (QED) is 0.848. The molecular weight excluding hydrogens is 357 g/mol. The number of nitrogens with one attached hydrogen (secondary N) is 1. The van der Waals surface area contributed by atoms with Gasteiger partial charge in [0.05, 0.1) is 5.56 Å². The molecule has 8 heteroatoms. The van der Waals surface area contributed by atoms with Crippen LogP contribution in [0.5, 0.6) is 0 Å². The lowest BCUT2D eigenvalue weighted by Crippen LogP contribution is -2.46. The van der Waals surface area contributed by atoms with E-state index in [1.807, 2.05) is 0 Å². The van der Waals surface area contributed by atoms with Crippen molar-refractivity contribution in [1.82, 2.24) is 5.32 Å². The van der Waals surface area contributed by atoms with E-state index in [1.54, 1.807) is 0 Å². The first kappa shape index (κ1) is 18.8. The van der Waals surface area contributed by atoms with Crippen LogP contribution in [-0.2, 0) is 17.4 Å². The third-order valence-electron chi connectivity index (χ3n) is 3.50. The van der Waals surface area contributed by atoms with Crippen LogP contribution in [0.2, 0.25) is 5.02 Å². The molecule has 2 aromatic rings. The van der Waals surface area contributed by atoms with Gasteiger partial charge in [-0.05, 0) is 35.9 Å². The number of benzene rings is 2. The van der Waals surface area contributed by atoms with Gasteiger partial charge in [-0.2, -0.15) is 13.2 Å². The molecule has 0 aliphatic carbocycles. The van der Waals surface area contributed by atoms with Crippen molar-refractivity contribution in [1.29, 1.82) is 0 Å². The molecule has 0 spiro atoms. The van der Waals surface area contributed by atoms with E-state index in [0.717, 1.165) is 6.07 Å². The molecule has 132 valence electrons. The predicted molar refractivity (Wildman–Crippen MR) is 87.0 cm³/mol. The summed E-state index contributed by atoms with van der Waals surface area (Å²) in [7, 11) is 0. The monoisotopic (exact) mass is 370 g/mol. The van der Waals surface area contributed by atoms with E-state index in [4.69, 9.17) is 17.3 Å².